The number of carbonyl (C=O) groups excluding carboxylic acids is 1. The van der Waals surface area contributed by atoms with Gasteiger partial charge in [0.2, 0.25) is 5.91 Å². The number of fused-ring (bicyclic) bond motifs is 1. The van der Waals surface area contributed by atoms with Gasteiger partial charge in [-0.05, 0) is 22.8 Å². The third-order valence-corrected chi connectivity index (χ3v) is 4.17. The summed E-state index contributed by atoms with van der Waals surface area (Å²) in [4.78, 5) is 14.2. The predicted molar refractivity (Wildman–Crippen MR) is 90.0 cm³/mol. The topological polar surface area (TPSA) is 44.4 Å². The van der Waals surface area contributed by atoms with E-state index in [1.54, 1.807) is 0 Å². The van der Waals surface area contributed by atoms with Crippen LogP contribution in [-0.2, 0) is 11.2 Å². The smallest absolute Gasteiger partial charge is 0.234 e. The van der Waals surface area contributed by atoms with E-state index in [1.165, 1.54) is 16.3 Å². The van der Waals surface area contributed by atoms with Gasteiger partial charge in [0.15, 0.2) is 0 Å². The van der Waals surface area contributed by atoms with Crippen LogP contribution in [0.2, 0.25) is 0 Å². The van der Waals surface area contributed by atoms with Gasteiger partial charge >= 0.3 is 0 Å². The quantitative estimate of drug-likeness (QED) is 0.877. The molecule has 4 nitrogen and oxygen atoms in total. The van der Waals surface area contributed by atoms with Gasteiger partial charge in [-0.15, -0.1) is 0 Å². The maximum Gasteiger partial charge on any atom is 0.234 e. The fourth-order valence-electron chi connectivity index (χ4n) is 2.98. The first-order valence-corrected chi connectivity index (χ1v) is 7.99. The normalized spacial score (nSPS) is 15.8. The minimum atomic E-state index is 0.127. The van der Waals surface area contributed by atoms with Crippen LogP contribution in [0.4, 0.5) is 0 Å². The molecular formula is C18H23N3O. The van der Waals surface area contributed by atoms with Crippen LogP contribution in [0.5, 0.6) is 0 Å². The van der Waals surface area contributed by atoms with Gasteiger partial charge in [-0.2, -0.15) is 0 Å². The average molecular weight is 297 g/mol. The number of carbonyl (C=O) groups is 1. The predicted octanol–water partition coefficient (Wildman–Crippen LogP) is 1.40. The molecule has 0 spiro atoms. The molecule has 116 valence electrons. The maximum atomic E-state index is 12.0. The highest BCUT2D eigenvalue weighted by atomic mass is 16.2. The Morgan fingerprint density at radius 1 is 1.09 bits per heavy atom. The van der Waals surface area contributed by atoms with Crippen molar-refractivity contribution in [2.45, 2.75) is 6.42 Å². The third kappa shape index (κ3) is 3.84. The molecule has 0 radical (unpaired) electrons. The van der Waals surface area contributed by atoms with Crippen LogP contribution in [0.1, 0.15) is 5.56 Å². The second-order valence-electron chi connectivity index (χ2n) is 5.76. The highest BCUT2D eigenvalue weighted by molar-refractivity contribution is 5.85. The number of piperazine rings is 1. The molecule has 2 N–H and O–H groups in total. The first kappa shape index (κ1) is 15.0. The van der Waals surface area contributed by atoms with Gasteiger partial charge < -0.3 is 10.6 Å². The van der Waals surface area contributed by atoms with Gasteiger partial charge in [-0.1, -0.05) is 42.5 Å². The summed E-state index contributed by atoms with van der Waals surface area (Å²) in [5.41, 5.74) is 1.29. The largest absolute Gasteiger partial charge is 0.355 e. The SMILES string of the molecule is O=C(CN1CCNCC1)NCCc1cccc2ccccc12. The van der Waals surface area contributed by atoms with Crippen LogP contribution in [0.3, 0.4) is 0 Å². The van der Waals surface area contributed by atoms with Crippen molar-refractivity contribution in [1.29, 1.82) is 0 Å². The van der Waals surface area contributed by atoms with Gasteiger partial charge in [-0.25, -0.2) is 0 Å². The van der Waals surface area contributed by atoms with E-state index in [0.717, 1.165) is 32.6 Å². The van der Waals surface area contributed by atoms with Crippen molar-refractivity contribution >= 4 is 16.7 Å². The molecule has 1 fully saturated rings. The molecule has 1 aliphatic rings. The summed E-state index contributed by atoms with van der Waals surface area (Å²) in [7, 11) is 0. The molecule has 3 rings (SSSR count). The van der Waals surface area contributed by atoms with E-state index in [9.17, 15) is 4.79 Å². The lowest BCUT2D eigenvalue weighted by Crippen LogP contribution is -2.47. The molecule has 0 aliphatic carbocycles. The molecule has 0 atom stereocenters. The first-order chi connectivity index (χ1) is 10.8. The van der Waals surface area contributed by atoms with Crippen molar-refractivity contribution in [3.05, 3.63) is 48.0 Å². The summed E-state index contributed by atoms with van der Waals surface area (Å²) < 4.78 is 0. The number of rotatable bonds is 5. The number of hydrogen-bond donors (Lipinski definition) is 2. The van der Waals surface area contributed by atoms with E-state index in [0.29, 0.717) is 13.1 Å². The number of nitrogens with zero attached hydrogens (tertiary/aromatic N) is 1. The lowest BCUT2D eigenvalue weighted by Gasteiger charge is -2.26. The molecule has 0 bridgehead atoms. The van der Waals surface area contributed by atoms with E-state index < -0.39 is 0 Å². The lowest BCUT2D eigenvalue weighted by atomic mass is 10.0. The molecular weight excluding hydrogens is 274 g/mol. The summed E-state index contributed by atoms with van der Waals surface area (Å²) in [6.45, 7) is 5.07. The van der Waals surface area contributed by atoms with Gasteiger partial charge in [-0.3, -0.25) is 9.69 Å². The molecule has 0 unspecified atom stereocenters. The zero-order valence-corrected chi connectivity index (χ0v) is 12.8. The Hall–Kier alpha value is -1.91. The van der Waals surface area contributed by atoms with E-state index in [1.807, 2.05) is 0 Å². The molecule has 0 aromatic heterocycles. The average Bonchev–Trinajstić information content (AvgIpc) is 2.56. The van der Waals surface area contributed by atoms with E-state index >= 15 is 0 Å². The Balaban J connectivity index is 1.50. The second kappa shape index (κ2) is 7.38. The first-order valence-electron chi connectivity index (χ1n) is 7.99. The second-order valence-corrected chi connectivity index (χ2v) is 5.76. The maximum absolute atomic E-state index is 12.0. The highest BCUT2D eigenvalue weighted by Gasteiger charge is 2.12. The monoisotopic (exact) mass is 297 g/mol. The zero-order chi connectivity index (χ0) is 15.2. The minimum absolute atomic E-state index is 0.127. The van der Waals surface area contributed by atoms with Crippen LogP contribution in [-0.4, -0.2) is 50.1 Å². The third-order valence-electron chi connectivity index (χ3n) is 4.17. The standard InChI is InChI=1S/C18H23N3O/c22-18(14-21-12-10-19-11-13-21)20-9-8-16-6-3-5-15-4-1-2-7-17(15)16/h1-7,19H,8-14H2,(H,20,22). The highest BCUT2D eigenvalue weighted by Crippen LogP contribution is 2.18. The van der Waals surface area contributed by atoms with E-state index in [-0.39, 0.29) is 5.91 Å². The molecule has 1 aliphatic heterocycles. The molecule has 1 saturated heterocycles. The van der Waals surface area contributed by atoms with E-state index in [2.05, 4.69) is 58.0 Å². The lowest BCUT2D eigenvalue weighted by molar-refractivity contribution is -0.122. The summed E-state index contributed by atoms with van der Waals surface area (Å²) >= 11 is 0. The zero-order valence-electron chi connectivity index (χ0n) is 12.8. The van der Waals surface area contributed by atoms with Crippen molar-refractivity contribution in [3.8, 4) is 0 Å². The molecule has 22 heavy (non-hydrogen) atoms. The Kier molecular flexibility index (Phi) is 5.03. The van der Waals surface area contributed by atoms with Crippen LogP contribution < -0.4 is 10.6 Å². The van der Waals surface area contributed by atoms with E-state index in [4.69, 9.17) is 0 Å². The molecule has 0 saturated carbocycles. The Morgan fingerprint density at radius 3 is 2.73 bits per heavy atom. The Bertz CT molecular complexity index is 630. The van der Waals surface area contributed by atoms with Crippen molar-refractivity contribution in [2.75, 3.05) is 39.3 Å². The van der Waals surface area contributed by atoms with Gasteiger partial charge in [0, 0.05) is 32.7 Å². The van der Waals surface area contributed by atoms with Crippen molar-refractivity contribution in [1.82, 2.24) is 15.5 Å². The number of hydrogen-bond acceptors (Lipinski definition) is 3. The van der Waals surface area contributed by atoms with Gasteiger partial charge in [0.25, 0.3) is 0 Å². The van der Waals surface area contributed by atoms with Gasteiger partial charge in [0.1, 0.15) is 0 Å². The van der Waals surface area contributed by atoms with Crippen molar-refractivity contribution < 1.29 is 4.79 Å². The fourth-order valence-corrected chi connectivity index (χ4v) is 2.98. The molecule has 1 heterocycles. The Labute approximate surface area is 131 Å². The number of amides is 1. The summed E-state index contributed by atoms with van der Waals surface area (Å²) in [6, 6.07) is 14.7. The molecule has 4 heteroatoms. The minimum Gasteiger partial charge on any atom is -0.355 e. The van der Waals surface area contributed by atoms with Gasteiger partial charge in [0.05, 0.1) is 6.54 Å². The fraction of sp³-hybridized carbons (Fsp3) is 0.389. The number of nitrogens with one attached hydrogen (secondary N) is 2. The molecule has 1 amide bonds. The van der Waals surface area contributed by atoms with Crippen molar-refractivity contribution in [3.63, 3.8) is 0 Å². The van der Waals surface area contributed by atoms with Crippen LogP contribution >= 0.6 is 0 Å². The van der Waals surface area contributed by atoms with Crippen molar-refractivity contribution in [2.24, 2.45) is 0 Å². The van der Waals surface area contributed by atoms with Crippen LogP contribution in [0, 0.1) is 0 Å². The van der Waals surface area contributed by atoms with Crippen LogP contribution in [0.15, 0.2) is 42.5 Å². The summed E-state index contributed by atoms with van der Waals surface area (Å²) in [5, 5.41) is 8.87. The molecule has 2 aromatic carbocycles. The number of benzene rings is 2. The summed E-state index contributed by atoms with van der Waals surface area (Å²) in [5.74, 6) is 0.127. The Morgan fingerprint density at radius 2 is 1.86 bits per heavy atom. The van der Waals surface area contributed by atoms with Crippen LogP contribution in [0.25, 0.3) is 10.8 Å². The summed E-state index contributed by atoms with van der Waals surface area (Å²) in [6.07, 6.45) is 0.870. The molecule has 2 aromatic rings.